The first-order chi connectivity index (χ1) is 17.0. The Morgan fingerprint density at radius 3 is 2.63 bits per heavy atom. The number of rotatable bonds is 5. The number of ether oxygens (including phenoxy) is 1. The maximum Gasteiger partial charge on any atom is 0.335 e. The third-order valence-electron chi connectivity index (χ3n) is 5.99. The number of likely N-dealkylation sites (tertiary alicyclic amines) is 1. The number of anilines is 1. The quantitative estimate of drug-likeness (QED) is 0.398. The van der Waals surface area contributed by atoms with Gasteiger partial charge in [-0.15, -0.1) is 5.92 Å². The molecule has 2 aromatic carbocycles. The smallest absolute Gasteiger partial charge is 0.335 e. The molecule has 0 bridgehead atoms. The summed E-state index contributed by atoms with van der Waals surface area (Å²) in [4.78, 5) is 24.5. The molecule has 1 fully saturated rings. The first-order valence-electron chi connectivity index (χ1n) is 11.0. The first-order valence-corrected chi connectivity index (χ1v) is 11.8. The predicted octanol–water partition coefficient (Wildman–Crippen LogP) is 4.53. The van der Waals surface area contributed by atoms with Crippen molar-refractivity contribution in [3.05, 3.63) is 69.3 Å². The molecule has 0 saturated carbocycles. The van der Waals surface area contributed by atoms with Gasteiger partial charge in [-0.25, -0.2) is 14.8 Å². The molecule has 1 aliphatic heterocycles. The molecule has 0 radical (unpaired) electrons. The number of aromatic nitrogens is 4. The van der Waals surface area contributed by atoms with E-state index in [1.54, 1.807) is 51.6 Å². The Labute approximate surface area is 211 Å². The lowest BCUT2D eigenvalue weighted by Crippen LogP contribution is -2.29. The van der Waals surface area contributed by atoms with E-state index in [9.17, 15) is 4.79 Å². The lowest BCUT2D eigenvalue weighted by atomic mass is 10.2. The van der Waals surface area contributed by atoms with Crippen molar-refractivity contribution in [3.8, 4) is 29.0 Å². The highest BCUT2D eigenvalue weighted by Gasteiger charge is 2.29. The molecule has 10 heteroatoms. The summed E-state index contributed by atoms with van der Waals surface area (Å²) in [5.74, 6) is 7.40. The van der Waals surface area contributed by atoms with E-state index >= 15 is 0 Å². The number of nitrogens with two attached hydrogens (primary N) is 1. The molecule has 2 aromatic heterocycles. The molecule has 1 saturated heterocycles. The molecule has 5 rings (SSSR count). The second-order valence-electron chi connectivity index (χ2n) is 8.20. The molecule has 178 valence electrons. The summed E-state index contributed by atoms with van der Waals surface area (Å²) in [7, 11) is 0. The summed E-state index contributed by atoms with van der Waals surface area (Å²) in [5, 5.41) is 0.858. The summed E-state index contributed by atoms with van der Waals surface area (Å²) in [6.45, 7) is 4.08. The topological polar surface area (TPSA) is 91.2 Å². The van der Waals surface area contributed by atoms with Gasteiger partial charge in [0.15, 0.2) is 11.5 Å². The number of nitrogen functional groups attached to an aromatic ring is 1. The van der Waals surface area contributed by atoms with Gasteiger partial charge in [0.1, 0.15) is 23.3 Å². The molecule has 8 nitrogen and oxygen atoms in total. The molecule has 1 atom stereocenters. The van der Waals surface area contributed by atoms with E-state index in [0.29, 0.717) is 51.5 Å². The minimum Gasteiger partial charge on any atom is -0.457 e. The monoisotopic (exact) mass is 508 g/mol. The largest absolute Gasteiger partial charge is 0.457 e. The van der Waals surface area contributed by atoms with Crippen LogP contribution >= 0.6 is 23.2 Å². The van der Waals surface area contributed by atoms with E-state index in [1.807, 2.05) is 6.92 Å². The normalized spacial score (nSPS) is 15.8. The number of halogens is 2. The van der Waals surface area contributed by atoms with Crippen LogP contribution in [-0.4, -0.2) is 43.6 Å². The fourth-order valence-electron chi connectivity index (χ4n) is 4.33. The number of hydrogen-bond donors (Lipinski definition) is 1. The molecule has 4 aromatic rings. The summed E-state index contributed by atoms with van der Waals surface area (Å²) < 4.78 is 9.16. The second-order valence-corrected chi connectivity index (χ2v) is 9.01. The average molecular weight is 509 g/mol. The van der Waals surface area contributed by atoms with Crippen molar-refractivity contribution >= 4 is 40.2 Å². The Balaban J connectivity index is 1.51. The zero-order valence-electron chi connectivity index (χ0n) is 18.9. The van der Waals surface area contributed by atoms with Crippen LogP contribution in [0.4, 0.5) is 5.82 Å². The van der Waals surface area contributed by atoms with E-state index in [4.69, 9.17) is 33.7 Å². The lowest BCUT2D eigenvalue weighted by Gasteiger charge is -2.13. The van der Waals surface area contributed by atoms with Crippen molar-refractivity contribution in [3.63, 3.8) is 0 Å². The highest BCUT2D eigenvalue weighted by atomic mass is 35.5. The lowest BCUT2D eigenvalue weighted by molar-refractivity contribution is 0.362. The number of fused-ring (bicyclic) bond motifs is 1. The average Bonchev–Trinajstić information content (AvgIpc) is 3.43. The second kappa shape index (κ2) is 9.62. The van der Waals surface area contributed by atoms with Crippen LogP contribution in [0.15, 0.2) is 53.6 Å². The van der Waals surface area contributed by atoms with Gasteiger partial charge in [0.2, 0.25) is 0 Å². The number of benzene rings is 2. The minimum atomic E-state index is -0.209. The van der Waals surface area contributed by atoms with Crippen molar-refractivity contribution in [1.29, 1.82) is 0 Å². The molecule has 1 aliphatic rings. The van der Waals surface area contributed by atoms with E-state index < -0.39 is 0 Å². The van der Waals surface area contributed by atoms with E-state index in [1.165, 1.54) is 6.33 Å². The fraction of sp³-hybridized carbons (Fsp3) is 0.240. The van der Waals surface area contributed by atoms with Crippen molar-refractivity contribution in [2.24, 2.45) is 0 Å². The first kappa shape index (κ1) is 23.2. The number of hydrogen-bond acceptors (Lipinski definition) is 6. The highest BCUT2D eigenvalue weighted by molar-refractivity contribution is 6.42. The summed E-state index contributed by atoms with van der Waals surface area (Å²) in [5.41, 5.74) is 7.66. The molecule has 0 spiro atoms. The van der Waals surface area contributed by atoms with Crippen LogP contribution in [0.25, 0.3) is 16.9 Å². The maximum absolute atomic E-state index is 13.7. The van der Waals surface area contributed by atoms with Crippen LogP contribution in [0.2, 0.25) is 10.0 Å². The zero-order valence-corrected chi connectivity index (χ0v) is 20.4. The summed E-state index contributed by atoms with van der Waals surface area (Å²) in [6.07, 6.45) is 2.21. The molecule has 0 amide bonds. The van der Waals surface area contributed by atoms with Gasteiger partial charge in [-0.3, -0.25) is 14.0 Å². The Kier molecular flexibility index (Phi) is 6.39. The molecule has 0 aliphatic carbocycles. The Bertz CT molecular complexity index is 1520. The van der Waals surface area contributed by atoms with Gasteiger partial charge in [-0.2, -0.15) is 0 Å². The van der Waals surface area contributed by atoms with Gasteiger partial charge >= 0.3 is 5.69 Å². The standard InChI is InChI=1S/C25H22Cl2N6O2/c1-2-3-11-31-12-10-17(14-31)33-24-22(23(28)29-15-30-24)32(25(33)34)16-4-6-18(7-5-16)35-19-8-9-20(26)21(27)13-19/h4-9,13,15,17H,10-12,14H2,1H3,(H2,28,29,30)/t17-/m1/s1. The summed E-state index contributed by atoms with van der Waals surface area (Å²) >= 11 is 12.1. The van der Waals surface area contributed by atoms with Crippen LogP contribution in [0.3, 0.4) is 0 Å². The van der Waals surface area contributed by atoms with Gasteiger partial charge in [0.05, 0.1) is 28.3 Å². The third-order valence-corrected chi connectivity index (χ3v) is 6.73. The number of imidazole rings is 1. The van der Waals surface area contributed by atoms with Crippen LogP contribution in [0.1, 0.15) is 19.4 Å². The minimum absolute atomic E-state index is 0.0311. The van der Waals surface area contributed by atoms with Gasteiger partial charge in [0, 0.05) is 19.2 Å². The zero-order chi connectivity index (χ0) is 24.5. The molecule has 3 heterocycles. The van der Waals surface area contributed by atoms with Crippen LogP contribution in [0.5, 0.6) is 11.5 Å². The van der Waals surface area contributed by atoms with Crippen molar-refractivity contribution < 1.29 is 4.74 Å². The van der Waals surface area contributed by atoms with E-state index in [2.05, 4.69) is 26.7 Å². The third kappa shape index (κ3) is 4.46. The van der Waals surface area contributed by atoms with Gasteiger partial charge in [-0.05, 0) is 49.7 Å². The van der Waals surface area contributed by atoms with Crippen molar-refractivity contribution in [1.82, 2.24) is 24.0 Å². The van der Waals surface area contributed by atoms with Gasteiger partial charge in [0.25, 0.3) is 0 Å². The van der Waals surface area contributed by atoms with Crippen molar-refractivity contribution in [2.75, 3.05) is 25.4 Å². The fourth-order valence-corrected chi connectivity index (χ4v) is 4.62. The molecule has 35 heavy (non-hydrogen) atoms. The molecule has 2 N–H and O–H groups in total. The predicted molar refractivity (Wildman–Crippen MR) is 138 cm³/mol. The van der Waals surface area contributed by atoms with Gasteiger partial charge in [-0.1, -0.05) is 29.1 Å². The molecular weight excluding hydrogens is 487 g/mol. The Morgan fingerprint density at radius 1 is 1.11 bits per heavy atom. The molecular formula is C25H22Cl2N6O2. The summed E-state index contributed by atoms with van der Waals surface area (Å²) in [6, 6.07) is 12.1. The SMILES string of the molecule is CC#CCN1CC[C@@H](n2c(=O)n(-c3ccc(Oc4ccc(Cl)c(Cl)c4)cc3)c3c(N)ncnc32)C1. The maximum atomic E-state index is 13.7. The highest BCUT2D eigenvalue weighted by Crippen LogP contribution is 2.31. The Hall–Kier alpha value is -3.51. The Morgan fingerprint density at radius 2 is 1.89 bits per heavy atom. The van der Waals surface area contributed by atoms with Crippen LogP contribution < -0.4 is 16.2 Å². The van der Waals surface area contributed by atoms with Crippen LogP contribution in [0, 0.1) is 11.8 Å². The van der Waals surface area contributed by atoms with Crippen molar-refractivity contribution in [2.45, 2.75) is 19.4 Å². The van der Waals surface area contributed by atoms with E-state index in [0.717, 1.165) is 13.0 Å². The number of nitrogens with zero attached hydrogens (tertiary/aromatic N) is 5. The van der Waals surface area contributed by atoms with Gasteiger partial charge < -0.3 is 10.5 Å². The molecule has 0 unspecified atom stereocenters. The van der Waals surface area contributed by atoms with Crippen LogP contribution in [-0.2, 0) is 0 Å². The van der Waals surface area contributed by atoms with E-state index in [-0.39, 0.29) is 17.5 Å².